The van der Waals surface area contributed by atoms with Crippen LogP contribution < -0.4 is 16.1 Å². The van der Waals surface area contributed by atoms with Crippen LogP contribution in [0.3, 0.4) is 0 Å². The Morgan fingerprint density at radius 1 is 1.24 bits per heavy atom. The Kier molecular flexibility index (Phi) is 4.02. The molecule has 1 aromatic carbocycles. The SMILES string of the molecule is O=C1CN(NC(=O)NC(C(=O)O)c2ccccc2)C(=O)N1. The maximum absolute atomic E-state index is 11.7. The van der Waals surface area contributed by atoms with Crippen LogP contribution in [0, 0.1) is 0 Å². The van der Waals surface area contributed by atoms with Gasteiger partial charge in [-0.05, 0) is 5.56 Å². The number of aliphatic carboxylic acids is 1. The molecule has 1 atom stereocenters. The first-order chi connectivity index (χ1) is 9.97. The molecule has 0 bridgehead atoms. The monoisotopic (exact) mass is 292 g/mol. The Hall–Kier alpha value is -3.10. The largest absolute Gasteiger partial charge is 0.479 e. The number of imide groups is 1. The minimum Gasteiger partial charge on any atom is -0.479 e. The molecular weight excluding hydrogens is 280 g/mol. The van der Waals surface area contributed by atoms with Gasteiger partial charge in [0.25, 0.3) is 0 Å². The first-order valence-corrected chi connectivity index (χ1v) is 5.93. The summed E-state index contributed by atoms with van der Waals surface area (Å²) in [6.07, 6.45) is 0. The van der Waals surface area contributed by atoms with Crippen molar-refractivity contribution in [1.29, 1.82) is 0 Å². The van der Waals surface area contributed by atoms with E-state index in [1.807, 2.05) is 5.32 Å². The molecule has 0 aromatic heterocycles. The third-order valence-electron chi connectivity index (χ3n) is 2.69. The zero-order valence-electron chi connectivity index (χ0n) is 10.7. The van der Waals surface area contributed by atoms with E-state index in [0.717, 1.165) is 5.01 Å². The minimum atomic E-state index is -1.27. The number of hydrazine groups is 1. The summed E-state index contributed by atoms with van der Waals surface area (Å²) in [6.45, 7) is -0.324. The highest BCUT2D eigenvalue weighted by Crippen LogP contribution is 2.12. The van der Waals surface area contributed by atoms with Crippen molar-refractivity contribution < 1.29 is 24.3 Å². The fourth-order valence-electron chi connectivity index (χ4n) is 1.75. The Morgan fingerprint density at radius 2 is 1.90 bits per heavy atom. The number of carbonyl (C=O) groups is 4. The standard InChI is InChI=1S/C12H12N4O5/c17-8-6-16(12(21)13-8)15-11(20)14-9(10(18)19)7-4-2-1-3-5-7/h1-5,9H,6H2,(H,18,19)(H,13,17,21)(H2,14,15,20). The molecule has 110 valence electrons. The smallest absolute Gasteiger partial charge is 0.343 e. The van der Waals surface area contributed by atoms with Crippen molar-refractivity contribution in [3.05, 3.63) is 35.9 Å². The van der Waals surface area contributed by atoms with Gasteiger partial charge in [0.05, 0.1) is 0 Å². The highest BCUT2D eigenvalue weighted by molar-refractivity contribution is 6.02. The molecular formula is C12H12N4O5. The lowest BCUT2D eigenvalue weighted by atomic mass is 10.1. The number of carboxylic acid groups (broad SMARTS) is 1. The topological polar surface area (TPSA) is 128 Å². The normalized spacial score (nSPS) is 15.3. The maximum Gasteiger partial charge on any atom is 0.343 e. The fraction of sp³-hybridized carbons (Fsp3) is 0.167. The lowest BCUT2D eigenvalue weighted by Crippen LogP contribution is -2.50. The molecule has 1 fully saturated rings. The van der Waals surface area contributed by atoms with Gasteiger partial charge in [-0.25, -0.2) is 24.8 Å². The third kappa shape index (κ3) is 3.47. The van der Waals surface area contributed by atoms with Crippen LogP contribution in [-0.2, 0) is 9.59 Å². The van der Waals surface area contributed by atoms with Crippen molar-refractivity contribution in [2.24, 2.45) is 0 Å². The van der Waals surface area contributed by atoms with Gasteiger partial charge in [0, 0.05) is 0 Å². The van der Waals surface area contributed by atoms with E-state index in [9.17, 15) is 19.2 Å². The summed E-state index contributed by atoms with van der Waals surface area (Å²) in [5.41, 5.74) is 2.48. The summed E-state index contributed by atoms with van der Waals surface area (Å²) in [6, 6.07) is 5.12. The quantitative estimate of drug-likeness (QED) is 0.560. The summed E-state index contributed by atoms with van der Waals surface area (Å²) in [7, 11) is 0. The second-order valence-electron chi connectivity index (χ2n) is 4.21. The fourth-order valence-corrected chi connectivity index (χ4v) is 1.75. The molecule has 1 aromatic rings. The molecule has 2 rings (SSSR count). The molecule has 21 heavy (non-hydrogen) atoms. The zero-order valence-corrected chi connectivity index (χ0v) is 10.7. The van der Waals surface area contributed by atoms with E-state index < -0.39 is 30.0 Å². The number of hydrogen-bond donors (Lipinski definition) is 4. The minimum absolute atomic E-state index is 0.324. The summed E-state index contributed by atoms with van der Waals surface area (Å²) >= 11 is 0. The van der Waals surface area contributed by atoms with Crippen molar-refractivity contribution in [1.82, 2.24) is 21.1 Å². The van der Waals surface area contributed by atoms with Gasteiger partial charge in [-0.2, -0.15) is 0 Å². The predicted molar refractivity (Wildman–Crippen MR) is 68.7 cm³/mol. The summed E-state index contributed by atoms with van der Waals surface area (Å²) in [5.74, 6) is -1.81. The molecule has 9 nitrogen and oxygen atoms in total. The number of carbonyl (C=O) groups excluding carboxylic acids is 3. The van der Waals surface area contributed by atoms with Crippen LogP contribution >= 0.6 is 0 Å². The van der Waals surface area contributed by atoms with Crippen molar-refractivity contribution in [3.8, 4) is 0 Å². The van der Waals surface area contributed by atoms with E-state index in [-0.39, 0.29) is 6.54 Å². The Labute approximate surface area is 118 Å². The van der Waals surface area contributed by atoms with Gasteiger partial charge < -0.3 is 10.4 Å². The highest BCUT2D eigenvalue weighted by Gasteiger charge is 2.29. The second kappa shape index (κ2) is 5.90. The Balaban J connectivity index is 2.01. The molecule has 1 heterocycles. The lowest BCUT2D eigenvalue weighted by Gasteiger charge is -2.19. The van der Waals surface area contributed by atoms with E-state index in [2.05, 4.69) is 10.7 Å². The van der Waals surface area contributed by atoms with Gasteiger partial charge >= 0.3 is 18.0 Å². The van der Waals surface area contributed by atoms with Gasteiger partial charge in [0.2, 0.25) is 5.91 Å². The van der Waals surface area contributed by atoms with Gasteiger partial charge in [-0.15, -0.1) is 0 Å². The van der Waals surface area contributed by atoms with Crippen LogP contribution in [0.15, 0.2) is 30.3 Å². The summed E-state index contributed by atoms with van der Waals surface area (Å²) in [5, 5.41) is 14.1. The van der Waals surface area contributed by atoms with Crippen LogP contribution in [0.2, 0.25) is 0 Å². The van der Waals surface area contributed by atoms with E-state index in [1.54, 1.807) is 30.3 Å². The van der Waals surface area contributed by atoms with Crippen molar-refractivity contribution in [3.63, 3.8) is 0 Å². The molecule has 0 radical (unpaired) electrons. The van der Waals surface area contributed by atoms with Crippen molar-refractivity contribution >= 4 is 23.9 Å². The molecule has 1 aliphatic heterocycles. The number of nitrogens with one attached hydrogen (secondary N) is 3. The average molecular weight is 292 g/mol. The summed E-state index contributed by atoms with van der Waals surface area (Å²) < 4.78 is 0. The third-order valence-corrected chi connectivity index (χ3v) is 2.69. The second-order valence-corrected chi connectivity index (χ2v) is 4.21. The van der Waals surface area contributed by atoms with Gasteiger partial charge in [0.15, 0.2) is 6.04 Å². The number of urea groups is 2. The predicted octanol–water partition coefficient (Wildman–Crippen LogP) is -0.422. The molecule has 5 amide bonds. The number of carboxylic acids is 1. The molecule has 4 N–H and O–H groups in total. The summed E-state index contributed by atoms with van der Waals surface area (Å²) in [4.78, 5) is 45.1. The average Bonchev–Trinajstić information content (AvgIpc) is 2.75. The number of rotatable bonds is 4. The molecule has 1 aliphatic rings. The highest BCUT2D eigenvalue weighted by atomic mass is 16.4. The first-order valence-electron chi connectivity index (χ1n) is 5.93. The van der Waals surface area contributed by atoms with Gasteiger partial charge in [-0.1, -0.05) is 30.3 Å². The molecule has 1 saturated heterocycles. The van der Waals surface area contributed by atoms with E-state index in [1.165, 1.54) is 0 Å². The Morgan fingerprint density at radius 3 is 2.43 bits per heavy atom. The Bertz CT molecular complexity index is 589. The van der Waals surface area contributed by atoms with E-state index >= 15 is 0 Å². The molecule has 0 saturated carbocycles. The van der Waals surface area contributed by atoms with Crippen LogP contribution in [0.4, 0.5) is 9.59 Å². The number of nitrogens with zero attached hydrogens (tertiary/aromatic N) is 1. The van der Waals surface area contributed by atoms with Crippen molar-refractivity contribution in [2.75, 3.05) is 6.54 Å². The van der Waals surface area contributed by atoms with Crippen LogP contribution in [0.1, 0.15) is 11.6 Å². The van der Waals surface area contributed by atoms with Gasteiger partial charge in [0.1, 0.15) is 6.54 Å². The number of hydrogen-bond acceptors (Lipinski definition) is 4. The maximum atomic E-state index is 11.7. The molecule has 1 unspecified atom stereocenters. The number of benzene rings is 1. The molecule has 9 heteroatoms. The lowest BCUT2D eigenvalue weighted by molar-refractivity contribution is -0.139. The van der Waals surface area contributed by atoms with E-state index in [4.69, 9.17) is 5.11 Å². The zero-order chi connectivity index (χ0) is 15.4. The number of amides is 5. The van der Waals surface area contributed by atoms with E-state index in [0.29, 0.717) is 5.56 Å². The molecule has 0 spiro atoms. The van der Waals surface area contributed by atoms with Crippen LogP contribution in [-0.4, -0.2) is 40.6 Å². The molecule has 0 aliphatic carbocycles. The van der Waals surface area contributed by atoms with Crippen molar-refractivity contribution in [2.45, 2.75) is 6.04 Å². The van der Waals surface area contributed by atoms with Crippen LogP contribution in [0.25, 0.3) is 0 Å². The van der Waals surface area contributed by atoms with Gasteiger partial charge in [-0.3, -0.25) is 10.1 Å². The first kappa shape index (κ1) is 14.3. The van der Waals surface area contributed by atoms with Crippen LogP contribution in [0.5, 0.6) is 0 Å².